The van der Waals surface area contributed by atoms with Gasteiger partial charge in [-0.3, -0.25) is 4.79 Å². The number of rotatable bonds is 8. The predicted octanol–water partition coefficient (Wildman–Crippen LogP) is 9.49. The van der Waals surface area contributed by atoms with Gasteiger partial charge in [0.25, 0.3) is 0 Å². The van der Waals surface area contributed by atoms with Gasteiger partial charge in [-0.25, -0.2) is 0 Å². The van der Waals surface area contributed by atoms with E-state index in [1.165, 1.54) is 6.08 Å². The van der Waals surface area contributed by atoms with E-state index in [2.05, 4.69) is 16.0 Å². The van der Waals surface area contributed by atoms with E-state index in [1.807, 2.05) is 27.7 Å². The molecule has 1 radical (unpaired) electrons. The molecule has 5 rings (SSSR count). The second-order valence-electron chi connectivity index (χ2n) is 9.59. The number of ketones is 1. The van der Waals surface area contributed by atoms with E-state index < -0.39 is 108 Å². The molecule has 2 aromatic heterocycles. The van der Waals surface area contributed by atoms with Gasteiger partial charge in [0.1, 0.15) is 0 Å². The van der Waals surface area contributed by atoms with Crippen LogP contribution in [-0.4, -0.2) is 35.4 Å². The van der Waals surface area contributed by atoms with Gasteiger partial charge in [-0.1, -0.05) is 27.7 Å². The van der Waals surface area contributed by atoms with E-state index in [1.54, 1.807) is 0 Å². The van der Waals surface area contributed by atoms with Crippen LogP contribution in [0.15, 0.2) is 66.5 Å². The Morgan fingerprint density at radius 3 is 2.18 bits per heavy atom. The van der Waals surface area contributed by atoms with Crippen molar-refractivity contribution in [3.05, 3.63) is 83.9 Å². The minimum absolute atomic E-state index is 0. The summed E-state index contributed by atoms with van der Waals surface area (Å²) in [5.41, 5.74) is -3.26. The van der Waals surface area contributed by atoms with Crippen LogP contribution in [0, 0.1) is 23.7 Å². The molecule has 0 saturated carbocycles. The molecule has 0 spiro atoms. The third-order valence-corrected chi connectivity index (χ3v) is 9.21. The van der Waals surface area contributed by atoms with Gasteiger partial charge in [0.2, 0.25) is 0 Å². The van der Waals surface area contributed by atoms with Crippen LogP contribution in [0.1, 0.15) is 71.3 Å². The Morgan fingerprint density at radius 2 is 1.57 bits per heavy atom. The first kappa shape index (κ1) is 24.3. The number of aromatic nitrogens is 2. The van der Waals surface area contributed by atoms with E-state index >= 15 is 4.39 Å². The van der Waals surface area contributed by atoms with Gasteiger partial charge in [0, 0.05) is 38.0 Å². The van der Waals surface area contributed by atoms with E-state index in [9.17, 15) is 23.1 Å². The quantitative estimate of drug-likeness (QED) is 0.0422. The van der Waals surface area contributed by atoms with Crippen molar-refractivity contribution in [1.82, 2.24) is 9.97 Å². The molecule has 0 aliphatic rings. The van der Waals surface area contributed by atoms with Crippen LogP contribution >= 0.6 is 0 Å². The van der Waals surface area contributed by atoms with Gasteiger partial charge in [0.05, 0.1) is 5.76 Å². The molecular weight excluding hydrogens is 816 g/mol. The molecule has 2 heterocycles. The fourth-order valence-corrected chi connectivity index (χ4v) is 6.58. The summed E-state index contributed by atoms with van der Waals surface area (Å²) in [5.74, 6) is -0.910. The average molecular weight is 858 g/mol. The van der Waals surface area contributed by atoms with Crippen molar-refractivity contribution in [2.45, 2.75) is 59.6 Å². The van der Waals surface area contributed by atoms with Crippen molar-refractivity contribution in [2.24, 2.45) is 11.8 Å². The van der Waals surface area contributed by atoms with Crippen molar-refractivity contribution in [1.29, 1.82) is 0 Å². The summed E-state index contributed by atoms with van der Waals surface area (Å²) in [7, 11) is 0. The Hall–Kier alpha value is -2.90. The summed E-state index contributed by atoms with van der Waals surface area (Å²) in [4.78, 5) is 19.0. The molecule has 235 valence electrons. The topological polar surface area (TPSA) is 63.1 Å². The van der Waals surface area contributed by atoms with Crippen molar-refractivity contribution in [3.63, 3.8) is 0 Å². The molecule has 1 N–H and O–H groups in total. The van der Waals surface area contributed by atoms with Gasteiger partial charge in [-0.15, -0.1) is 0 Å². The summed E-state index contributed by atoms with van der Waals surface area (Å²) in [6, 6.07) is -3.36. The Labute approximate surface area is 286 Å². The van der Waals surface area contributed by atoms with E-state index in [4.69, 9.17) is 12.3 Å². The third-order valence-electron chi connectivity index (χ3n) is 7.09. The molecule has 0 saturated heterocycles. The fourth-order valence-electron chi connectivity index (χ4n) is 4.68. The Balaban J connectivity index is 0.000000403. The molecular formula is C34H33F4IrN2O2Se-. The number of hydrogen-bond acceptors (Lipinski definition) is 4. The number of carbonyl (C=O) groups is 1. The molecule has 0 atom stereocenters. The zero-order chi connectivity index (χ0) is 39.1. The Bertz CT molecular complexity index is 2220. The summed E-state index contributed by atoms with van der Waals surface area (Å²) in [6.45, 7) is 8.07. The van der Waals surface area contributed by atoms with E-state index in [0.29, 0.717) is 0 Å². The molecule has 0 bridgehead atoms. The molecule has 44 heavy (non-hydrogen) atoms. The van der Waals surface area contributed by atoms with Crippen molar-refractivity contribution >= 4 is 51.6 Å². The second-order valence-corrected chi connectivity index (χ2v) is 11.7. The van der Waals surface area contributed by atoms with Crippen LogP contribution in [0.25, 0.3) is 41.5 Å². The van der Waals surface area contributed by atoms with Gasteiger partial charge < -0.3 is 5.11 Å². The minimum Gasteiger partial charge on any atom is 0 e. The monoisotopic (exact) mass is 859 g/mol. The van der Waals surface area contributed by atoms with Crippen LogP contribution in [0.4, 0.5) is 17.6 Å². The number of aliphatic hydroxyl groups excluding tert-OH is 1. The zero-order valence-electron chi connectivity index (χ0n) is 33.1. The molecule has 5 aromatic rings. The first-order valence-electron chi connectivity index (χ1n) is 18.1. The molecule has 10 heteroatoms. The normalized spacial score (nSPS) is 15.0. The summed E-state index contributed by atoms with van der Waals surface area (Å²) < 4.78 is 131. The fraction of sp³-hybridized carbons (Fsp3) is 0.324. The largest absolute Gasteiger partial charge is 0 e. The number of allylic oxidation sites excluding steroid dienone is 2. The van der Waals surface area contributed by atoms with Crippen molar-refractivity contribution in [2.75, 3.05) is 0 Å². The number of nitrogens with zero attached hydrogens (tertiary/aromatic N) is 2. The summed E-state index contributed by atoms with van der Waals surface area (Å²) in [6.07, 6.45) is -1.30. The first-order valence-corrected chi connectivity index (χ1v) is 15.3. The molecule has 0 fully saturated rings. The zero-order valence-corrected chi connectivity index (χ0v) is 28.2. The van der Waals surface area contributed by atoms with Crippen LogP contribution < -0.4 is 0 Å². The average Bonchev–Trinajstić information content (AvgIpc) is 3.54. The number of fused-ring (bicyclic) bond motifs is 3. The standard InChI is InChI=1S/C21H9F4N2Se.C13H24O2.Ir/c22-18-13-7-3-2-6-12(13)17(21(23,24)25)20-16(18)19(26-10-27-20)15-9-11-5-1-4-8-14(11)28-15;1-5-10(6-2)12(14)9-13(15)11(7-3)8-4;/h1-8,10H;9-11,14H,5-8H2,1-4H3;/q-1;;/b;12-9-;/i1D,2D,3D,4D,5D,6D,7D,8D,10D;;. The molecule has 0 amide bonds. The number of carbonyl (C=O) groups excluding carboxylic acids is 1. The van der Waals surface area contributed by atoms with E-state index in [0.717, 1.165) is 25.7 Å². The SMILES string of the molecule is CCC(CC)C(=O)/C=C(\O)C(CC)CC.[2H]c1nc(-c2[c-]c3c([2H])c([2H])c([2H])c([2H])c3[se]2)c2c(F)c3c([2H])c([2H])c([2H])c([2H])c3c(C(F)(F)F)c2n1.[Ir]. The molecule has 0 aliphatic heterocycles. The second kappa shape index (κ2) is 15.4. The Kier molecular flexibility index (Phi) is 8.52. The summed E-state index contributed by atoms with van der Waals surface area (Å²) >= 11 is -1.03. The smallest absolute Gasteiger partial charge is 0 e. The molecule has 3 aromatic carbocycles. The van der Waals surface area contributed by atoms with Crippen molar-refractivity contribution in [3.8, 4) is 10.1 Å². The Morgan fingerprint density at radius 1 is 0.977 bits per heavy atom. The maximum absolute atomic E-state index is 16.0. The summed E-state index contributed by atoms with van der Waals surface area (Å²) in [5, 5.41) is 6.69. The number of alkyl halides is 3. The molecule has 0 aliphatic carbocycles. The van der Waals surface area contributed by atoms with Crippen LogP contribution in [0.3, 0.4) is 0 Å². The van der Waals surface area contributed by atoms with Gasteiger partial charge in [0.15, 0.2) is 5.78 Å². The number of halogens is 4. The van der Waals surface area contributed by atoms with Crippen LogP contribution in [0.2, 0.25) is 0 Å². The number of hydrogen-bond donors (Lipinski definition) is 1. The number of benzene rings is 3. The third kappa shape index (κ3) is 7.48. The van der Waals surface area contributed by atoms with Gasteiger partial charge in [-0.05, 0) is 25.7 Å². The van der Waals surface area contributed by atoms with E-state index in [-0.39, 0.29) is 63.6 Å². The van der Waals surface area contributed by atoms with Crippen LogP contribution in [-0.2, 0) is 31.1 Å². The first-order chi connectivity index (χ1) is 24.3. The number of aliphatic hydroxyl groups is 1. The molecule has 0 unspecified atom stereocenters. The minimum atomic E-state index is -5.27. The predicted molar refractivity (Wildman–Crippen MR) is 165 cm³/mol. The van der Waals surface area contributed by atoms with Gasteiger partial charge >= 0.3 is 174 Å². The van der Waals surface area contributed by atoms with Gasteiger partial charge in [-0.2, -0.15) is 0 Å². The molecule has 4 nitrogen and oxygen atoms in total. The maximum Gasteiger partial charge on any atom is 0 e. The van der Waals surface area contributed by atoms with Crippen LogP contribution in [0.5, 0.6) is 0 Å². The maximum atomic E-state index is 16.0. The van der Waals surface area contributed by atoms with Crippen molar-refractivity contribution < 1.29 is 59.9 Å².